The zero-order valence-electron chi connectivity index (χ0n) is 16.5. The quantitative estimate of drug-likeness (QED) is 0.297. The molecule has 3 heteroatoms. The molecule has 0 bridgehead atoms. The van der Waals surface area contributed by atoms with Crippen molar-refractivity contribution < 1.29 is 0 Å². The second-order valence-corrected chi connectivity index (χ2v) is 8.59. The predicted molar refractivity (Wildman–Crippen MR) is 128 cm³/mol. The molecule has 30 heavy (non-hydrogen) atoms. The molecule has 2 nitrogen and oxygen atoms in total. The second kappa shape index (κ2) is 6.75. The Bertz CT molecular complexity index is 1560. The lowest BCUT2D eigenvalue weighted by Crippen LogP contribution is -1.92. The maximum absolute atomic E-state index is 4.85. The van der Waals surface area contributed by atoms with Crippen LogP contribution in [0.3, 0.4) is 0 Å². The maximum Gasteiger partial charge on any atom is 0.126 e. The van der Waals surface area contributed by atoms with Crippen LogP contribution in [0, 0.1) is 6.92 Å². The Labute approximate surface area is 178 Å². The topological polar surface area (TPSA) is 25.8 Å². The SMILES string of the molecule is Cc1nc(-c2cccc(-c3ccc4ccccc4c3)c2)c2sc3ccccc3c2n1. The molecule has 2 heterocycles. The molecule has 0 atom stereocenters. The molecule has 0 unspecified atom stereocenters. The van der Waals surface area contributed by atoms with Crippen LogP contribution < -0.4 is 0 Å². The normalized spacial score (nSPS) is 11.5. The highest BCUT2D eigenvalue weighted by atomic mass is 32.1. The summed E-state index contributed by atoms with van der Waals surface area (Å²) >= 11 is 1.77. The minimum atomic E-state index is 0.803. The first-order valence-electron chi connectivity index (χ1n) is 10.0. The van der Waals surface area contributed by atoms with Gasteiger partial charge in [-0.2, -0.15) is 0 Å². The summed E-state index contributed by atoms with van der Waals surface area (Å²) in [5, 5.41) is 3.72. The minimum Gasteiger partial charge on any atom is -0.232 e. The van der Waals surface area contributed by atoms with Gasteiger partial charge in [-0.05, 0) is 47.0 Å². The lowest BCUT2D eigenvalue weighted by atomic mass is 9.98. The van der Waals surface area contributed by atoms with Crippen LogP contribution in [0.2, 0.25) is 0 Å². The second-order valence-electron chi connectivity index (χ2n) is 7.54. The lowest BCUT2D eigenvalue weighted by Gasteiger charge is -2.08. The van der Waals surface area contributed by atoms with E-state index in [9.17, 15) is 0 Å². The summed E-state index contributed by atoms with van der Waals surface area (Å²) in [6, 6.07) is 32.3. The highest BCUT2D eigenvalue weighted by Gasteiger charge is 2.14. The Balaban J connectivity index is 1.55. The number of aryl methyl sites for hydroxylation is 1. The number of hydrogen-bond donors (Lipinski definition) is 0. The van der Waals surface area contributed by atoms with Gasteiger partial charge in [-0.3, -0.25) is 0 Å². The Morgan fingerprint density at radius 2 is 1.40 bits per heavy atom. The average Bonchev–Trinajstić information content (AvgIpc) is 3.17. The average molecular weight is 403 g/mol. The summed E-state index contributed by atoms with van der Waals surface area (Å²) in [7, 11) is 0. The van der Waals surface area contributed by atoms with Gasteiger partial charge >= 0.3 is 0 Å². The van der Waals surface area contributed by atoms with Crippen molar-refractivity contribution in [3.8, 4) is 22.4 Å². The van der Waals surface area contributed by atoms with Crippen molar-refractivity contribution in [3.63, 3.8) is 0 Å². The molecule has 0 N–H and O–H groups in total. The summed E-state index contributed by atoms with van der Waals surface area (Å²) in [5.74, 6) is 0.803. The van der Waals surface area contributed by atoms with Crippen molar-refractivity contribution in [1.29, 1.82) is 0 Å². The molecular weight excluding hydrogens is 384 g/mol. The van der Waals surface area contributed by atoms with E-state index in [2.05, 4.69) is 91.0 Å². The maximum atomic E-state index is 4.85. The van der Waals surface area contributed by atoms with Crippen LogP contribution in [0.25, 0.3) is 53.5 Å². The largest absolute Gasteiger partial charge is 0.232 e. The number of benzene rings is 4. The van der Waals surface area contributed by atoms with Gasteiger partial charge in [0.25, 0.3) is 0 Å². The minimum absolute atomic E-state index is 0.803. The Morgan fingerprint density at radius 3 is 2.33 bits per heavy atom. The molecule has 0 aliphatic heterocycles. The van der Waals surface area contributed by atoms with Gasteiger partial charge < -0.3 is 0 Å². The molecule has 0 spiro atoms. The predicted octanol–water partition coefficient (Wildman–Crippen LogP) is 7.64. The van der Waals surface area contributed by atoms with E-state index in [0.717, 1.165) is 27.3 Å². The van der Waals surface area contributed by atoms with Crippen molar-refractivity contribution >= 4 is 42.4 Å². The van der Waals surface area contributed by atoms with Crippen molar-refractivity contribution in [2.75, 3.05) is 0 Å². The van der Waals surface area contributed by atoms with Crippen molar-refractivity contribution in [2.45, 2.75) is 6.92 Å². The van der Waals surface area contributed by atoms with E-state index < -0.39 is 0 Å². The molecule has 0 aliphatic carbocycles. The molecule has 0 aliphatic rings. The molecule has 0 radical (unpaired) electrons. The zero-order chi connectivity index (χ0) is 20.1. The van der Waals surface area contributed by atoms with Crippen LogP contribution in [-0.2, 0) is 0 Å². The summed E-state index contributed by atoms with van der Waals surface area (Å²) < 4.78 is 2.40. The van der Waals surface area contributed by atoms with Gasteiger partial charge in [0.1, 0.15) is 5.82 Å². The molecule has 0 fully saturated rings. The van der Waals surface area contributed by atoms with Gasteiger partial charge in [0.05, 0.1) is 15.9 Å². The first kappa shape index (κ1) is 17.3. The molecule has 4 aromatic carbocycles. The highest BCUT2D eigenvalue weighted by Crippen LogP contribution is 2.38. The van der Waals surface area contributed by atoms with Crippen LogP contribution in [0.5, 0.6) is 0 Å². The summed E-state index contributed by atoms with van der Waals surface area (Å²) in [5.41, 5.74) is 5.61. The van der Waals surface area contributed by atoms with Gasteiger partial charge in [0.2, 0.25) is 0 Å². The third-order valence-corrected chi connectivity index (χ3v) is 6.72. The summed E-state index contributed by atoms with van der Waals surface area (Å²) in [6.45, 7) is 1.97. The third-order valence-electron chi connectivity index (χ3n) is 5.55. The number of aromatic nitrogens is 2. The number of thiophene rings is 1. The molecule has 6 rings (SSSR count). The zero-order valence-corrected chi connectivity index (χ0v) is 17.3. The number of hydrogen-bond acceptors (Lipinski definition) is 3. The van der Waals surface area contributed by atoms with Crippen LogP contribution in [0.4, 0.5) is 0 Å². The fourth-order valence-corrected chi connectivity index (χ4v) is 5.27. The fraction of sp³-hybridized carbons (Fsp3) is 0.0370. The standard InChI is InChI=1S/C27H18N2S/c1-17-28-25(27-26(29-17)23-11-4-5-12-24(23)30-27)22-10-6-9-20(16-22)21-14-13-18-7-2-3-8-19(18)15-21/h2-16H,1H3. The van der Waals surface area contributed by atoms with E-state index in [4.69, 9.17) is 9.97 Å². The molecule has 6 aromatic rings. The first-order valence-corrected chi connectivity index (χ1v) is 10.8. The molecule has 0 saturated heterocycles. The fourth-order valence-electron chi connectivity index (χ4n) is 4.11. The van der Waals surface area contributed by atoms with Gasteiger partial charge in [0, 0.05) is 15.6 Å². The van der Waals surface area contributed by atoms with Gasteiger partial charge in [-0.25, -0.2) is 9.97 Å². The van der Waals surface area contributed by atoms with E-state index in [1.807, 2.05) is 6.92 Å². The summed E-state index contributed by atoms with van der Waals surface area (Å²) in [6.07, 6.45) is 0. The Morgan fingerprint density at radius 1 is 0.633 bits per heavy atom. The van der Waals surface area contributed by atoms with E-state index in [1.54, 1.807) is 11.3 Å². The molecule has 2 aromatic heterocycles. The van der Waals surface area contributed by atoms with Crippen LogP contribution >= 0.6 is 11.3 Å². The third kappa shape index (κ3) is 2.78. The Kier molecular flexibility index (Phi) is 3.90. The van der Waals surface area contributed by atoms with Gasteiger partial charge in [0.15, 0.2) is 0 Å². The smallest absolute Gasteiger partial charge is 0.126 e. The number of rotatable bonds is 2. The molecule has 0 amide bonds. The summed E-state index contributed by atoms with van der Waals surface area (Å²) in [4.78, 5) is 9.61. The van der Waals surface area contributed by atoms with Crippen LogP contribution in [-0.4, -0.2) is 9.97 Å². The van der Waals surface area contributed by atoms with E-state index in [0.29, 0.717) is 0 Å². The van der Waals surface area contributed by atoms with E-state index >= 15 is 0 Å². The van der Waals surface area contributed by atoms with Crippen molar-refractivity contribution in [1.82, 2.24) is 9.97 Å². The Hall–Kier alpha value is -3.56. The van der Waals surface area contributed by atoms with Gasteiger partial charge in [-0.1, -0.05) is 72.8 Å². The van der Waals surface area contributed by atoms with Crippen LogP contribution in [0.1, 0.15) is 5.82 Å². The first-order chi connectivity index (χ1) is 14.8. The number of nitrogens with zero attached hydrogens (tertiary/aromatic N) is 2. The lowest BCUT2D eigenvalue weighted by molar-refractivity contribution is 1.10. The van der Waals surface area contributed by atoms with Crippen LogP contribution in [0.15, 0.2) is 91.0 Å². The monoisotopic (exact) mass is 402 g/mol. The molecule has 142 valence electrons. The van der Waals surface area contributed by atoms with Gasteiger partial charge in [-0.15, -0.1) is 11.3 Å². The number of fused-ring (bicyclic) bond motifs is 4. The van der Waals surface area contributed by atoms with E-state index in [1.165, 1.54) is 32.0 Å². The molecular formula is C27H18N2S. The van der Waals surface area contributed by atoms with Crippen molar-refractivity contribution in [3.05, 3.63) is 96.8 Å². The van der Waals surface area contributed by atoms with E-state index in [-0.39, 0.29) is 0 Å². The molecule has 0 saturated carbocycles. The highest BCUT2D eigenvalue weighted by molar-refractivity contribution is 7.26. The van der Waals surface area contributed by atoms with Crippen molar-refractivity contribution in [2.24, 2.45) is 0 Å².